The van der Waals surface area contributed by atoms with Crippen LogP contribution in [0.1, 0.15) is 46.0 Å². The van der Waals surface area contributed by atoms with Gasteiger partial charge >= 0.3 is 0 Å². The van der Waals surface area contributed by atoms with Crippen LogP contribution in [0.4, 0.5) is 0 Å². The molecule has 0 aromatic carbocycles. The number of aldehydes is 1. The number of ether oxygens (including phenoxy) is 3. The zero-order valence-corrected chi connectivity index (χ0v) is 11.7. The van der Waals surface area contributed by atoms with Crippen LogP contribution in [0.25, 0.3) is 0 Å². The molecule has 3 heterocycles. The van der Waals surface area contributed by atoms with Gasteiger partial charge in [-0.05, 0) is 33.1 Å². The summed E-state index contributed by atoms with van der Waals surface area (Å²) in [5, 5.41) is 0. The van der Waals surface area contributed by atoms with Crippen LogP contribution >= 0.6 is 0 Å². The first kappa shape index (κ1) is 13.3. The fourth-order valence-electron chi connectivity index (χ4n) is 3.61. The second kappa shape index (κ2) is 4.14. The van der Waals surface area contributed by atoms with Crippen LogP contribution in [-0.2, 0) is 19.0 Å². The third-order valence-electron chi connectivity index (χ3n) is 4.79. The summed E-state index contributed by atoms with van der Waals surface area (Å²) >= 11 is 0. The zero-order chi connectivity index (χ0) is 13.7. The van der Waals surface area contributed by atoms with Gasteiger partial charge in [0.2, 0.25) is 0 Å². The number of hydrogen-bond donors (Lipinski definition) is 0. The van der Waals surface area contributed by atoms with E-state index in [9.17, 15) is 4.79 Å². The Labute approximate surface area is 114 Å². The minimum Gasteiger partial charge on any atom is -0.362 e. The summed E-state index contributed by atoms with van der Waals surface area (Å²) in [6.07, 6.45) is 6.40. The fraction of sp³-hybridized carbons (Fsp3) is 0.800. The summed E-state index contributed by atoms with van der Waals surface area (Å²) in [4.78, 5) is 11.1. The summed E-state index contributed by atoms with van der Waals surface area (Å²) in [7, 11) is 0. The van der Waals surface area contributed by atoms with Gasteiger partial charge in [-0.25, -0.2) is 0 Å². The van der Waals surface area contributed by atoms with Gasteiger partial charge in [-0.3, -0.25) is 0 Å². The third kappa shape index (κ3) is 2.06. The molecule has 0 aromatic rings. The van der Waals surface area contributed by atoms with E-state index in [2.05, 4.69) is 13.5 Å². The number of carbonyl (C=O) groups is 1. The molecule has 0 spiro atoms. The van der Waals surface area contributed by atoms with Crippen molar-refractivity contribution in [1.82, 2.24) is 0 Å². The molecular formula is C15H22O4. The van der Waals surface area contributed by atoms with Gasteiger partial charge in [0, 0.05) is 12.8 Å². The van der Waals surface area contributed by atoms with E-state index < -0.39 is 5.79 Å². The summed E-state index contributed by atoms with van der Waals surface area (Å²) < 4.78 is 18.2. The molecule has 3 rings (SSSR count). The molecule has 0 unspecified atom stereocenters. The largest absolute Gasteiger partial charge is 0.362 e. The van der Waals surface area contributed by atoms with Gasteiger partial charge in [-0.2, -0.15) is 0 Å². The van der Waals surface area contributed by atoms with E-state index in [0.29, 0.717) is 6.42 Å². The molecule has 19 heavy (non-hydrogen) atoms. The maximum Gasteiger partial charge on any atom is 0.196 e. The Morgan fingerprint density at radius 1 is 1.21 bits per heavy atom. The Morgan fingerprint density at radius 2 is 2.00 bits per heavy atom. The van der Waals surface area contributed by atoms with Crippen LogP contribution < -0.4 is 0 Å². The topological polar surface area (TPSA) is 44.8 Å². The van der Waals surface area contributed by atoms with E-state index in [1.165, 1.54) is 0 Å². The highest BCUT2D eigenvalue weighted by atomic mass is 16.7. The molecule has 3 fully saturated rings. The molecule has 3 aliphatic heterocycles. The first-order valence-electron chi connectivity index (χ1n) is 7.07. The van der Waals surface area contributed by atoms with Crippen LogP contribution in [0, 0.1) is 0 Å². The van der Waals surface area contributed by atoms with Gasteiger partial charge in [-0.1, -0.05) is 6.08 Å². The molecule has 4 nitrogen and oxygen atoms in total. The molecule has 2 bridgehead atoms. The van der Waals surface area contributed by atoms with Gasteiger partial charge in [0.1, 0.15) is 18.5 Å². The van der Waals surface area contributed by atoms with Crippen molar-refractivity contribution in [2.24, 2.45) is 0 Å². The highest BCUT2D eigenvalue weighted by Crippen LogP contribution is 2.52. The van der Waals surface area contributed by atoms with Crippen LogP contribution in [0.2, 0.25) is 0 Å². The van der Waals surface area contributed by atoms with Crippen LogP contribution in [0.5, 0.6) is 0 Å². The average Bonchev–Trinajstić information content (AvgIpc) is 2.90. The molecule has 0 aromatic heterocycles. The number of rotatable bonds is 3. The lowest BCUT2D eigenvalue weighted by Gasteiger charge is -2.44. The van der Waals surface area contributed by atoms with Crippen molar-refractivity contribution in [3.8, 4) is 0 Å². The lowest BCUT2D eigenvalue weighted by atomic mass is 9.96. The maximum absolute atomic E-state index is 11.1. The van der Waals surface area contributed by atoms with Crippen molar-refractivity contribution < 1.29 is 19.0 Å². The summed E-state index contributed by atoms with van der Waals surface area (Å²) in [6.45, 7) is 7.93. The predicted octanol–water partition coefficient (Wildman–Crippen LogP) is 2.36. The van der Waals surface area contributed by atoms with Gasteiger partial charge in [0.15, 0.2) is 5.79 Å². The smallest absolute Gasteiger partial charge is 0.196 e. The normalized spacial score (nSPS) is 53.2. The summed E-state index contributed by atoms with van der Waals surface area (Å²) in [6, 6.07) is 0. The van der Waals surface area contributed by atoms with Crippen LogP contribution in [-0.4, -0.2) is 35.5 Å². The quantitative estimate of drug-likeness (QED) is 0.581. The number of fused-ring (bicyclic) bond motifs is 2. The Balaban J connectivity index is 1.83. The molecule has 3 saturated heterocycles. The lowest BCUT2D eigenvalue weighted by Crippen LogP contribution is -2.54. The molecular weight excluding hydrogens is 244 g/mol. The summed E-state index contributed by atoms with van der Waals surface area (Å²) in [5.74, 6) is -0.737. The molecule has 0 amide bonds. The van der Waals surface area contributed by atoms with Gasteiger partial charge < -0.3 is 19.0 Å². The number of carbonyl (C=O) groups excluding carboxylic acids is 1. The minimum absolute atomic E-state index is 0.111. The second-order valence-corrected chi connectivity index (χ2v) is 6.52. The molecule has 0 radical (unpaired) electrons. The molecule has 0 saturated carbocycles. The molecule has 5 atom stereocenters. The second-order valence-electron chi connectivity index (χ2n) is 6.52. The average molecular weight is 266 g/mol. The highest BCUT2D eigenvalue weighted by molar-refractivity contribution is 5.56. The van der Waals surface area contributed by atoms with Crippen molar-refractivity contribution >= 4 is 6.29 Å². The fourth-order valence-corrected chi connectivity index (χ4v) is 3.61. The Kier molecular flexibility index (Phi) is 2.89. The van der Waals surface area contributed by atoms with Gasteiger partial charge in [0.05, 0.1) is 11.2 Å². The Morgan fingerprint density at radius 3 is 2.63 bits per heavy atom. The molecule has 0 N–H and O–H groups in total. The lowest BCUT2D eigenvalue weighted by molar-refractivity contribution is -0.339. The van der Waals surface area contributed by atoms with E-state index in [-0.39, 0.29) is 23.4 Å². The van der Waals surface area contributed by atoms with Crippen LogP contribution in [0.15, 0.2) is 12.7 Å². The van der Waals surface area contributed by atoms with Crippen molar-refractivity contribution in [2.45, 2.75) is 75.1 Å². The third-order valence-corrected chi connectivity index (χ3v) is 4.79. The van der Waals surface area contributed by atoms with E-state index in [1.807, 2.05) is 13.0 Å². The van der Waals surface area contributed by atoms with E-state index in [4.69, 9.17) is 14.2 Å². The first-order valence-corrected chi connectivity index (χ1v) is 7.07. The van der Waals surface area contributed by atoms with Crippen LogP contribution in [0.3, 0.4) is 0 Å². The van der Waals surface area contributed by atoms with Crippen molar-refractivity contribution in [3.05, 3.63) is 12.7 Å². The SMILES string of the molecule is C=C[C@@]1(C)CC[C@H]([C@@]23CC[C@@](C)(C[C@@H](C=O)O2)O3)O1. The molecule has 0 aliphatic carbocycles. The van der Waals surface area contributed by atoms with E-state index in [0.717, 1.165) is 32.0 Å². The summed E-state index contributed by atoms with van der Waals surface area (Å²) in [5.41, 5.74) is -0.556. The standard InChI is InChI=1S/C15H22O4/c1-4-13(2)6-5-12(18-13)15-8-7-14(3,19-15)9-11(10-16)17-15/h4,10-12H,1,5-9H2,2-3H3/t11-,12+,13-,14-,15-/m0/s1. The van der Waals surface area contributed by atoms with Crippen molar-refractivity contribution in [3.63, 3.8) is 0 Å². The van der Waals surface area contributed by atoms with Gasteiger partial charge in [0.25, 0.3) is 0 Å². The maximum atomic E-state index is 11.1. The van der Waals surface area contributed by atoms with E-state index >= 15 is 0 Å². The zero-order valence-electron chi connectivity index (χ0n) is 11.7. The first-order chi connectivity index (χ1) is 8.93. The minimum atomic E-state index is -0.737. The molecule has 3 aliphatic rings. The molecule has 106 valence electrons. The highest BCUT2D eigenvalue weighted by Gasteiger charge is 2.60. The van der Waals surface area contributed by atoms with E-state index in [1.54, 1.807) is 0 Å². The number of hydrogen-bond acceptors (Lipinski definition) is 4. The van der Waals surface area contributed by atoms with Crippen molar-refractivity contribution in [1.29, 1.82) is 0 Å². The van der Waals surface area contributed by atoms with Gasteiger partial charge in [-0.15, -0.1) is 6.58 Å². The predicted molar refractivity (Wildman–Crippen MR) is 69.7 cm³/mol. The molecule has 4 heteroatoms. The van der Waals surface area contributed by atoms with Crippen molar-refractivity contribution in [2.75, 3.05) is 0 Å². The Bertz CT molecular complexity index is 409. The Hall–Kier alpha value is -0.710. The monoisotopic (exact) mass is 266 g/mol.